The number of carbonyl (C=O) groups excluding carboxylic acids is 2. The lowest BCUT2D eigenvalue weighted by atomic mass is 10.4. The summed E-state index contributed by atoms with van der Waals surface area (Å²) in [6.07, 6.45) is -0.569. The van der Waals surface area contributed by atoms with Gasteiger partial charge >= 0.3 is 11.8 Å². The topological polar surface area (TPSA) is 85.1 Å². The van der Waals surface area contributed by atoms with Crippen LogP contribution >= 0.6 is 0 Å². The van der Waals surface area contributed by atoms with E-state index in [1.165, 1.54) is 0 Å². The van der Waals surface area contributed by atoms with Gasteiger partial charge in [-0.3, -0.25) is 9.59 Å². The molecule has 5 heteroatoms. The van der Waals surface area contributed by atoms with Crippen molar-refractivity contribution in [3.8, 4) is 0 Å². The van der Waals surface area contributed by atoms with E-state index in [9.17, 15) is 9.59 Å². The molecule has 0 unspecified atom stereocenters. The minimum Gasteiger partial charge on any atom is -0.361 e. The summed E-state index contributed by atoms with van der Waals surface area (Å²) >= 11 is 0. The van der Waals surface area contributed by atoms with E-state index in [0.717, 1.165) is 0 Å². The van der Waals surface area contributed by atoms with Gasteiger partial charge in [0.2, 0.25) is 0 Å². The zero-order valence-corrected chi connectivity index (χ0v) is 5.84. The lowest BCUT2D eigenvalue weighted by Crippen LogP contribution is -2.29. The molecule has 0 spiro atoms. The second kappa shape index (κ2) is 3.47. The summed E-state index contributed by atoms with van der Waals surface area (Å²) in [5.41, 5.74) is 4.67. The fraction of sp³-hybridized carbons (Fsp3) is 0. The van der Waals surface area contributed by atoms with Crippen molar-refractivity contribution < 1.29 is 15.1 Å². The molecule has 0 fully saturated rings. The zero-order valence-electron chi connectivity index (χ0n) is 9.84. The molecule has 0 aliphatic heterocycles. The van der Waals surface area contributed by atoms with Crippen LogP contribution in [0.3, 0.4) is 0 Å². The first-order chi connectivity index (χ1) is 7.34. The van der Waals surface area contributed by atoms with Gasteiger partial charge in [0.25, 0.3) is 0 Å². The van der Waals surface area contributed by atoms with Crippen molar-refractivity contribution in [1.29, 1.82) is 0 Å². The SMILES string of the molecule is [2H]c1nc(NC(=O)C(N)=O)c([2H])c([2H])c1[2H]. The molecule has 0 radical (unpaired) electrons. The van der Waals surface area contributed by atoms with E-state index in [0.29, 0.717) is 0 Å². The molecule has 1 aromatic rings. The molecule has 0 saturated heterocycles. The second-order valence-electron chi connectivity index (χ2n) is 1.77. The van der Waals surface area contributed by atoms with Crippen LogP contribution in [-0.2, 0) is 9.59 Å². The molecule has 0 saturated carbocycles. The highest BCUT2D eigenvalue weighted by Crippen LogP contribution is 1.98. The fourth-order valence-electron chi connectivity index (χ4n) is 0.459. The summed E-state index contributed by atoms with van der Waals surface area (Å²) in [6.45, 7) is 0. The van der Waals surface area contributed by atoms with E-state index >= 15 is 0 Å². The van der Waals surface area contributed by atoms with Crippen LogP contribution in [0.1, 0.15) is 5.48 Å². The number of primary amides is 1. The van der Waals surface area contributed by atoms with E-state index in [1.807, 2.05) is 5.32 Å². The van der Waals surface area contributed by atoms with Crippen molar-refractivity contribution >= 4 is 17.6 Å². The Hall–Kier alpha value is -1.91. The van der Waals surface area contributed by atoms with Gasteiger partial charge in [-0.25, -0.2) is 4.98 Å². The largest absolute Gasteiger partial charge is 0.361 e. The molecule has 62 valence electrons. The van der Waals surface area contributed by atoms with Gasteiger partial charge in [0, 0.05) is 6.17 Å². The molecule has 0 aliphatic rings. The van der Waals surface area contributed by atoms with Crippen LogP contribution in [0, 0.1) is 0 Å². The third-order valence-electron chi connectivity index (χ3n) is 0.923. The lowest BCUT2D eigenvalue weighted by molar-refractivity contribution is -0.134. The summed E-state index contributed by atoms with van der Waals surface area (Å²) in [7, 11) is 0. The molecule has 2 amide bonds. The molecule has 12 heavy (non-hydrogen) atoms. The van der Waals surface area contributed by atoms with Crippen LogP contribution in [0.25, 0.3) is 0 Å². The summed E-state index contributed by atoms with van der Waals surface area (Å²) in [4.78, 5) is 24.7. The number of nitrogens with zero attached hydrogens (tertiary/aromatic N) is 1. The average molecular weight is 169 g/mol. The third-order valence-corrected chi connectivity index (χ3v) is 0.923. The van der Waals surface area contributed by atoms with Crippen molar-refractivity contribution in [3.05, 3.63) is 24.3 Å². The number of pyridine rings is 1. The number of rotatable bonds is 1. The first-order valence-electron chi connectivity index (χ1n) is 4.89. The molecule has 0 bridgehead atoms. The number of amides is 2. The Morgan fingerprint density at radius 3 is 3.00 bits per heavy atom. The molecule has 3 N–H and O–H groups in total. The van der Waals surface area contributed by atoms with Gasteiger partial charge in [-0.1, -0.05) is 6.04 Å². The Morgan fingerprint density at radius 2 is 2.33 bits per heavy atom. The minimum atomic E-state index is -1.27. The Labute approximate surface area is 74.2 Å². The Bertz CT molecular complexity index is 477. The summed E-state index contributed by atoms with van der Waals surface area (Å²) in [6, 6.07) is -1.63. The van der Waals surface area contributed by atoms with Gasteiger partial charge in [-0.15, -0.1) is 0 Å². The number of aromatic nitrogens is 1. The maximum atomic E-state index is 10.9. The Kier molecular flexibility index (Phi) is 1.22. The fourth-order valence-corrected chi connectivity index (χ4v) is 0.459. The van der Waals surface area contributed by atoms with E-state index in [4.69, 9.17) is 5.48 Å². The quantitative estimate of drug-likeness (QED) is 0.556. The average Bonchev–Trinajstić information content (AvgIpc) is 2.22. The number of carbonyl (C=O) groups is 2. The minimum absolute atomic E-state index is 0.435. The molecule has 1 rings (SSSR count). The van der Waals surface area contributed by atoms with Gasteiger partial charge < -0.3 is 11.1 Å². The van der Waals surface area contributed by atoms with Crippen LogP contribution in [0.4, 0.5) is 5.82 Å². The van der Waals surface area contributed by atoms with Gasteiger partial charge in [0.1, 0.15) is 5.82 Å². The first-order valence-corrected chi connectivity index (χ1v) is 2.89. The van der Waals surface area contributed by atoms with Crippen molar-refractivity contribution in [3.63, 3.8) is 0 Å². The van der Waals surface area contributed by atoms with Gasteiger partial charge in [0.05, 0.1) is 5.48 Å². The van der Waals surface area contributed by atoms with Crippen LogP contribution < -0.4 is 11.1 Å². The summed E-state index contributed by atoms with van der Waals surface area (Å²) in [5, 5.41) is 1.88. The smallest absolute Gasteiger partial charge is 0.314 e. The normalized spacial score (nSPS) is 13.7. The van der Waals surface area contributed by atoms with Crippen LogP contribution in [0.15, 0.2) is 24.3 Å². The first kappa shape index (κ1) is 4.20. The number of hydrogen-bond acceptors (Lipinski definition) is 3. The summed E-state index contributed by atoms with van der Waals surface area (Å²) in [5.74, 6) is -2.90. The maximum Gasteiger partial charge on any atom is 0.314 e. The predicted molar refractivity (Wildman–Crippen MR) is 42.1 cm³/mol. The van der Waals surface area contributed by atoms with Crippen molar-refractivity contribution in [2.24, 2.45) is 5.73 Å². The van der Waals surface area contributed by atoms with Crippen molar-refractivity contribution in [2.75, 3.05) is 5.32 Å². The molecule has 1 aromatic heterocycles. The molecule has 0 aromatic carbocycles. The van der Waals surface area contributed by atoms with Crippen molar-refractivity contribution in [2.45, 2.75) is 0 Å². The number of nitrogens with two attached hydrogens (primary N) is 1. The molecule has 0 aliphatic carbocycles. The molecular weight excluding hydrogens is 158 g/mol. The van der Waals surface area contributed by atoms with Crippen LogP contribution in [0.5, 0.6) is 0 Å². The van der Waals surface area contributed by atoms with E-state index in [-0.39, 0.29) is 0 Å². The Morgan fingerprint density at radius 1 is 1.58 bits per heavy atom. The number of anilines is 1. The van der Waals surface area contributed by atoms with E-state index in [1.54, 1.807) is 0 Å². The highest BCUT2D eigenvalue weighted by atomic mass is 16.2. The van der Waals surface area contributed by atoms with E-state index in [2.05, 4.69) is 10.7 Å². The molecule has 1 heterocycles. The van der Waals surface area contributed by atoms with Gasteiger partial charge in [-0.2, -0.15) is 0 Å². The monoisotopic (exact) mass is 169 g/mol. The highest BCUT2D eigenvalue weighted by molar-refractivity contribution is 6.38. The lowest BCUT2D eigenvalue weighted by Gasteiger charge is -1.98. The van der Waals surface area contributed by atoms with Gasteiger partial charge in [0.15, 0.2) is 0 Å². The van der Waals surface area contributed by atoms with Crippen LogP contribution in [0.2, 0.25) is 0 Å². The predicted octanol–water partition coefficient (Wildman–Crippen LogP) is -0.495. The Balaban J connectivity index is 3.16. The highest BCUT2D eigenvalue weighted by Gasteiger charge is 2.07. The number of nitrogens with one attached hydrogen (secondary N) is 1. The van der Waals surface area contributed by atoms with E-state index < -0.39 is 41.9 Å². The van der Waals surface area contributed by atoms with Crippen molar-refractivity contribution in [1.82, 2.24) is 4.98 Å². The standard InChI is InChI=1S/C7H7N3O2/c8-6(11)7(12)10-5-3-1-2-4-9-5/h1-4H,(H2,8,11)(H,9,10,12)/i1D,2D,3D,4D. The van der Waals surface area contributed by atoms with Gasteiger partial charge in [-0.05, 0) is 12.1 Å². The molecular formula is C7H7N3O2. The molecule has 0 atom stereocenters. The second-order valence-corrected chi connectivity index (χ2v) is 1.77. The third kappa shape index (κ3) is 2.05. The maximum absolute atomic E-state index is 10.9. The zero-order chi connectivity index (χ0) is 12.5. The number of hydrogen-bond donors (Lipinski definition) is 2. The van der Waals surface area contributed by atoms with Crippen LogP contribution in [-0.4, -0.2) is 16.8 Å². The molecule has 5 nitrogen and oxygen atoms in total. The summed E-state index contributed by atoms with van der Waals surface area (Å²) < 4.78 is 29.0.